The summed E-state index contributed by atoms with van der Waals surface area (Å²) in [6.07, 6.45) is 6.74. The first-order chi connectivity index (χ1) is 17.1. The lowest BCUT2D eigenvalue weighted by Crippen LogP contribution is -2.18. The Morgan fingerprint density at radius 2 is 1.86 bits per heavy atom. The Morgan fingerprint density at radius 1 is 1.06 bits per heavy atom. The van der Waals surface area contributed by atoms with E-state index in [1.54, 1.807) is 6.07 Å². The van der Waals surface area contributed by atoms with Crippen LogP contribution in [0.25, 0.3) is 22.0 Å². The summed E-state index contributed by atoms with van der Waals surface area (Å²) in [7, 11) is 0. The second-order valence-corrected chi connectivity index (χ2v) is 9.60. The summed E-state index contributed by atoms with van der Waals surface area (Å²) >= 11 is 12.9. The zero-order valence-corrected chi connectivity index (χ0v) is 21.0. The molecule has 5 rings (SSSR count). The summed E-state index contributed by atoms with van der Waals surface area (Å²) in [5.41, 5.74) is 6.88. The fourth-order valence-corrected chi connectivity index (χ4v) is 5.36. The quantitative estimate of drug-likeness (QED) is 0.196. The Morgan fingerprint density at radius 3 is 2.54 bits per heavy atom. The minimum atomic E-state index is -0.0166. The predicted octanol–water partition coefficient (Wildman–Crippen LogP) is 8.22. The molecule has 2 heterocycles. The molecule has 0 saturated carbocycles. The molecule has 1 aliphatic heterocycles. The van der Waals surface area contributed by atoms with Gasteiger partial charge >= 0.3 is 0 Å². The number of carbonyl (C=O) groups is 1. The topological polar surface area (TPSA) is 44.1 Å². The van der Waals surface area contributed by atoms with E-state index < -0.39 is 0 Å². The molecule has 178 valence electrons. The van der Waals surface area contributed by atoms with Crippen molar-refractivity contribution in [3.05, 3.63) is 99.2 Å². The number of hydrogen-bond acceptors (Lipinski definition) is 3. The summed E-state index contributed by atoms with van der Waals surface area (Å²) in [5, 5.41) is 6.93. The zero-order chi connectivity index (χ0) is 24.4. The minimum Gasteiger partial charge on any atom is -0.356 e. The normalized spacial score (nSPS) is 16.8. The van der Waals surface area contributed by atoms with Gasteiger partial charge in [-0.2, -0.15) is 5.10 Å². The summed E-state index contributed by atoms with van der Waals surface area (Å²) in [6.45, 7) is 2.90. The van der Waals surface area contributed by atoms with E-state index in [0.29, 0.717) is 15.6 Å². The SMILES string of the molecule is CC/C(=C(/c1ccc(C=O)cc1)c1ccc2c(cnn2C2CCCCO2)c1)c1ccc(Cl)cc1Cl. The largest absolute Gasteiger partial charge is 0.356 e. The zero-order valence-electron chi connectivity index (χ0n) is 19.5. The number of fused-ring (bicyclic) bond motifs is 1. The van der Waals surface area contributed by atoms with Crippen LogP contribution in [0.1, 0.15) is 65.9 Å². The Hall–Kier alpha value is -2.92. The van der Waals surface area contributed by atoms with Gasteiger partial charge in [-0.1, -0.05) is 66.5 Å². The summed E-state index contributed by atoms with van der Waals surface area (Å²) in [4.78, 5) is 11.3. The van der Waals surface area contributed by atoms with E-state index in [9.17, 15) is 4.79 Å². The molecule has 0 aliphatic carbocycles. The van der Waals surface area contributed by atoms with E-state index in [-0.39, 0.29) is 6.23 Å². The molecule has 3 aromatic carbocycles. The van der Waals surface area contributed by atoms with Crippen molar-refractivity contribution in [2.45, 2.75) is 38.8 Å². The Bertz CT molecular complexity index is 1400. The van der Waals surface area contributed by atoms with E-state index in [4.69, 9.17) is 27.9 Å². The van der Waals surface area contributed by atoms with Gasteiger partial charge in [-0.3, -0.25) is 4.79 Å². The van der Waals surface area contributed by atoms with Crippen LogP contribution < -0.4 is 0 Å². The van der Waals surface area contributed by atoms with Gasteiger partial charge in [-0.05, 0) is 77.8 Å². The third kappa shape index (κ3) is 4.79. The fraction of sp³-hybridized carbons (Fsp3) is 0.241. The molecule has 0 N–H and O–H groups in total. The smallest absolute Gasteiger partial charge is 0.150 e. The maximum Gasteiger partial charge on any atom is 0.150 e. The monoisotopic (exact) mass is 504 g/mol. The number of benzene rings is 3. The van der Waals surface area contributed by atoms with Gasteiger partial charge < -0.3 is 4.74 Å². The molecule has 4 aromatic rings. The third-order valence-electron chi connectivity index (χ3n) is 6.56. The molecule has 1 aromatic heterocycles. The predicted molar refractivity (Wildman–Crippen MR) is 143 cm³/mol. The molecule has 4 nitrogen and oxygen atoms in total. The lowest BCUT2D eigenvalue weighted by atomic mass is 9.87. The van der Waals surface area contributed by atoms with Crippen LogP contribution in [0, 0.1) is 0 Å². The number of rotatable bonds is 6. The maximum atomic E-state index is 11.3. The van der Waals surface area contributed by atoms with Gasteiger partial charge in [0, 0.05) is 27.6 Å². The van der Waals surface area contributed by atoms with Crippen LogP contribution in [-0.4, -0.2) is 22.7 Å². The number of carbonyl (C=O) groups excluding carboxylic acids is 1. The second kappa shape index (κ2) is 10.4. The lowest BCUT2D eigenvalue weighted by molar-refractivity contribution is -0.0366. The molecule has 1 unspecified atom stereocenters. The van der Waals surface area contributed by atoms with Crippen molar-refractivity contribution >= 4 is 51.5 Å². The molecule has 0 amide bonds. The van der Waals surface area contributed by atoms with Crippen molar-refractivity contribution < 1.29 is 9.53 Å². The van der Waals surface area contributed by atoms with Gasteiger partial charge in [0.25, 0.3) is 0 Å². The number of ether oxygens (including phenoxy) is 1. The maximum absolute atomic E-state index is 11.3. The molecule has 0 spiro atoms. The van der Waals surface area contributed by atoms with Gasteiger partial charge in [0.1, 0.15) is 6.29 Å². The van der Waals surface area contributed by atoms with Crippen molar-refractivity contribution in [1.29, 1.82) is 0 Å². The van der Waals surface area contributed by atoms with Gasteiger partial charge in [-0.15, -0.1) is 0 Å². The lowest BCUT2D eigenvalue weighted by Gasteiger charge is -2.23. The average molecular weight is 505 g/mol. The molecule has 6 heteroatoms. The van der Waals surface area contributed by atoms with Crippen molar-refractivity contribution in [2.24, 2.45) is 0 Å². The van der Waals surface area contributed by atoms with Gasteiger partial charge in [0.2, 0.25) is 0 Å². The molecule has 1 fully saturated rings. The number of nitrogens with zero attached hydrogens (tertiary/aromatic N) is 2. The van der Waals surface area contributed by atoms with Crippen LogP contribution in [0.15, 0.2) is 66.9 Å². The highest BCUT2D eigenvalue weighted by molar-refractivity contribution is 6.36. The van der Waals surface area contributed by atoms with Crippen LogP contribution in [-0.2, 0) is 4.74 Å². The first kappa shape index (κ1) is 23.8. The van der Waals surface area contributed by atoms with Crippen molar-refractivity contribution in [1.82, 2.24) is 9.78 Å². The van der Waals surface area contributed by atoms with Crippen LogP contribution in [0.5, 0.6) is 0 Å². The van der Waals surface area contributed by atoms with E-state index in [0.717, 1.165) is 77.3 Å². The Labute approximate surface area is 215 Å². The van der Waals surface area contributed by atoms with E-state index in [1.807, 2.05) is 47.3 Å². The van der Waals surface area contributed by atoms with Crippen molar-refractivity contribution in [3.63, 3.8) is 0 Å². The number of hydrogen-bond donors (Lipinski definition) is 0. The Kier molecular flexibility index (Phi) is 7.05. The van der Waals surface area contributed by atoms with E-state index >= 15 is 0 Å². The van der Waals surface area contributed by atoms with E-state index in [2.05, 4.69) is 30.2 Å². The van der Waals surface area contributed by atoms with Gasteiger partial charge in [-0.25, -0.2) is 4.68 Å². The second-order valence-electron chi connectivity index (χ2n) is 8.76. The van der Waals surface area contributed by atoms with Crippen LogP contribution >= 0.6 is 23.2 Å². The molecule has 35 heavy (non-hydrogen) atoms. The fourth-order valence-electron chi connectivity index (χ4n) is 4.83. The molecule has 1 atom stereocenters. The van der Waals surface area contributed by atoms with E-state index in [1.165, 1.54) is 0 Å². The van der Waals surface area contributed by atoms with Crippen LogP contribution in [0.2, 0.25) is 10.0 Å². The highest BCUT2D eigenvalue weighted by atomic mass is 35.5. The highest BCUT2D eigenvalue weighted by Crippen LogP contribution is 2.39. The third-order valence-corrected chi connectivity index (χ3v) is 7.11. The molecule has 1 saturated heterocycles. The number of halogens is 2. The number of aromatic nitrogens is 2. The molecular formula is C29H26Cl2N2O2. The van der Waals surface area contributed by atoms with Gasteiger partial charge in [0.15, 0.2) is 6.23 Å². The summed E-state index contributed by atoms with van der Waals surface area (Å²) in [6, 6.07) is 19.7. The molecule has 0 radical (unpaired) electrons. The molecular weight excluding hydrogens is 479 g/mol. The van der Waals surface area contributed by atoms with Gasteiger partial charge in [0.05, 0.1) is 11.7 Å². The van der Waals surface area contributed by atoms with Crippen LogP contribution in [0.4, 0.5) is 0 Å². The minimum absolute atomic E-state index is 0.0166. The van der Waals surface area contributed by atoms with Crippen molar-refractivity contribution in [3.8, 4) is 0 Å². The first-order valence-electron chi connectivity index (χ1n) is 11.9. The summed E-state index contributed by atoms with van der Waals surface area (Å²) in [5.74, 6) is 0. The Balaban J connectivity index is 1.69. The standard InChI is InChI=1S/C29H26Cl2N2O2/c1-2-24(25-12-11-23(30)16-26(25)31)29(20-8-6-19(18-34)7-9-20)21-10-13-27-22(15-21)17-32-33(27)28-5-3-4-14-35-28/h6-13,15-18,28H,2-5,14H2,1H3/b29-24+. The van der Waals surface area contributed by atoms with Crippen molar-refractivity contribution in [2.75, 3.05) is 6.61 Å². The highest BCUT2D eigenvalue weighted by Gasteiger charge is 2.20. The average Bonchev–Trinajstić information content (AvgIpc) is 3.32. The van der Waals surface area contributed by atoms with Crippen LogP contribution in [0.3, 0.4) is 0 Å². The summed E-state index contributed by atoms with van der Waals surface area (Å²) < 4.78 is 7.97. The number of allylic oxidation sites excluding steroid dienone is 1. The number of aldehydes is 1. The molecule has 1 aliphatic rings. The molecule has 0 bridgehead atoms. The first-order valence-corrected chi connectivity index (χ1v) is 12.7.